The Hall–Kier alpha value is -4.68. The normalized spacial score (nSPS) is 17.5. The highest BCUT2D eigenvalue weighted by Gasteiger charge is 2.53. The van der Waals surface area contributed by atoms with E-state index in [0.29, 0.717) is 0 Å². The van der Waals surface area contributed by atoms with Gasteiger partial charge in [0, 0.05) is 0 Å². The minimum absolute atomic E-state index is 0.449. The summed E-state index contributed by atoms with van der Waals surface area (Å²) in [6, 6.07) is 38.6. The molecule has 0 fully saturated rings. The lowest BCUT2D eigenvalue weighted by atomic mass is 9.67. The van der Waals surface area contributed by atoms with Crippen LogP contribution in [0.3, 0.4) is 0 Å². The Kier molecular flexibility index (Phi) is 4.53. The third kappa shape index (κ3) is 2.64. The minimum atomic E-state index is -0.449. The number of aryl methyl sites for hydroxylation is 1. The van der Waals surface area contributed by atoms with Crippen LogP contribution >= 0.6 is 0 Å². The fourth-order valence-corrected chi connectivity index (χ4v) is 7.66. The van der Waals surface area contributed by atoms with Crippen molar-refractivity contribution in [3.05, 3.63) is 161 Å². The average Bonchev–Trinajstić information content (AvgIpc) is 3.44. The molecule has 0 aromatic heterocycles. The Labute approximate surface area is 229 Å². The van der Waals surface area contributed by atoms with Gasteiger partial charge in [-0.3, -0.25) is 0 Å². The van der Waals surface area contributed by atoms with Gasteiger partial charge in [0.1, 0.15) is 0 Å². The molecule has 0 heteroatoms. The summed E-state index contributed by atoms with van der Waals surface area (Å²) in [5.41, 5.74) is 11.5. The van der Waals surface area contributed by atoms with Gasteiger partial charge in [-0.2, -0.15) is 0 Å². The smallest absolute Gasteiger partial charge is 0.0737 e. The molecule has 0 saturated carbocycles. The molecule has 6 aromatic rings. The van der Waals surface area contributed by atoms with E-state index in [2.05, 4.69) is 142 Å². The van der Waals surface area contributed by atoms with Gasteiger partial charge in [-0.1, -0.05) is 133 Å². The summed E-state index contributed by atoms with van der Waals surface area (Å²) in [4.78, 5) is 0. The summed E-state index contributed by atoms with van der Waals surface area (Å²) in [7, 11) is 0. The zero-order valence-corrected chi connectivity index (χ0v) is 22.3. The first-order valence-corrected chi connectivity index (χ1v) is 13.8. The number of hydrogen-bond donors (Lipinski definition) is 0. The van der Waals surface area contributed by atoms with Crippen molar-refractivity contribution in [3.8, 4) is 11.1 Å². The van der Waals surface area contributed by atoms with Crippen molar-refractivity contribution in [2.24, 2.45) is 0 Å². The molecule has 2 aliphatic carbocycles. The fourth-order valence-electron chi connectivity index (χ4n) is 7.66. The topological polar surface area (TPSA) is 0 Å². The predicted octanol–water partition coefficient (Wildman–Crippen LogP) is 10.3. The molecule has 0 saturated heterocycles. The highest BCUT2D eigenvalue weighted by Crippen LogP contribution is 2.66. The van der Waals surface area contributed by atoms with Crippen LogP contribution in [-0.2, 0) is 5.41 Å². The van der Waals surface area contributed by atoms with Gasteiger partial charge in [-0.25, -0.2) is 0 Å². The van der Waals surface area contributed by atoms with E-state index in [0.717, 1.165) is 0 Å². The van der Waals surface area contributed by atoms with Gasteiger partial charge >= 0.3 is 0 Å². The lowest BCUT2D eigenvalue weighted by Gasteiger charge is -2.33. The van der Waals surface area contributed by atoms with Gasteiger partial charge < -0.3 is 0 Å². The first kappa shape index (κ1) is 22.3. The van der Waals surface area contributed by atoms with Crippen molar-refractivity contribution in [3.63, 3.8) is 0 Å². The maximum Gasteiger partial charge on any atom is 0.0737 e. The maximum absolute atomic E-state index is 4.33. The minimum Gasteiger partial charge on any atom is -0.0984 e. The molecule has 0 aliphatic heterocycles. The van der Waals surface area contributed by atoms with E-state index in [4.69, 9.17) is 0 Å². The van der Waals surface area contributed by atoms with E-state index in [9.17, 15) is 0 Å². The Morgan fingerprint density at radius 1 is 0.641 bits per heavy atom. The summed E-state index contributed by atoms with van der Waals surface area (Å²) in [6.45, 7) is 8.67. The van der Waals surface area contributed by atoms with Crippen LogP contribution in [0.5, 0.6) is 0 Å². The first-order chi connectivity index (χ1) is 19.2. The molecule has 0 heterocycles. The van der Waals surface area contributed by atoms with Gasteiger partial charge in [0.05, 0.1) is 5.41 Å². The van der Waals surface area contributed by atoms with Gasteiger partial charge in [0.2, 0.25) is 0 Å². The molecule has 1 spiro atoms. The van der Waals surface area contributed by atoms with E-state index in [1.165, 1.54) is 82.4 Å². The summed E-state index contributed by atoms with van der Waals surface area (Å²) in [5, 5.41) is 7.89. The van der Waals surface area contributed by atoms with E-state index in [1.807, 2.05) is 0 Å². The van der Waals surface area contributed by atoms with E-state index in [-0.39, 0.29) is 0 Å². The molecule has 0 N–H and O–H groups in total. The molecule has 184 valence electrons. The molecule has 6 aromatic carbocycles. The third-order valence-corrected chi connectivity index (χ3v) is 8.98. The molecule has 8 rings (SSSR count). The summed E-state index contributed by atoms with van der Waals surface area (Å²) < 4.78 is 0. The Morgan fingerprint density at radius 2 is 1.38 bits per heavy atom. The molecule has 0 amide bonds. The van der Waals surface area contributed by atoms with Crippen LogP contribution in [0.4, 0.5) is 0 Å². The van der Waals surface area contributed by atoms with E-state index in [1.54, 1.807) is 0 Å². The Bertz CT molecular complexity index is 2100. The molecule has 0 radical (unpaired) electrons. The zero-order valence-electron chi connectivity index (χ0n) is 22.3. The number of allylic oxidation sites excluding steroid dienone is 5. The highest BCUT2D eigenvalue weighted by atomic mass is 14.5. The van der Waals surface area contributed by atoms with Gasteiger partial charge in [0.15, 0.2) is 0 Å². The quantitative estimate of drug-likeness (QED) is 0.209. The summed E-state index contributed by atoms with van der Waals surface area (Å²) in [6.07, 6.45) is 6.61. The van der Waals surface area contributed by atoms with Crippen LogP contribution in [0.2, 0.25) is 0 Å². The van der Waals surface area contributed by atoms with E-state index >= 15 is 0 Å². The largest absolute Gasteiger partial charge is 0.0984 e. The molecule has 39 heavy (non-hydrogen) atoms. The second-order valence-corrected chi connectivity index (χ2v) is 10.9. The fraction of sp³-hybridized carbons (Fsp3) is 0.0769. The van der Waals surface area contributed by atoms with E-state index < -0.39 is 5.41 Å². The van der Waals surface area contributed by atoms with Gasteiger partial charge in [0.25, 0.3) is 0 Å². The second kappa shape index (κ2) is 7.91. The Balaban J connectivity index is 1.74. The highest BCUT2D eigenvalue weighted by molar-refractivity contribution is 6.21. The lowest BCUT2D eigenvalue weighted by Crippen LogP contribution is -2.27. The average molecular weight is 497 g/mol. The number of benzene rings is 6. The van der Waals surface area contributed by atoms with Crippen LogP contribution in [0.25, 0.3) is 49.0 Å². The molecule has 1 atom stereocenters. The molecular weight excluding hydrogens is 468 g/mol. The number of hydrogen-bond acceptors (Lipinski definition) is 0. The van der Waals surface area contributed by atoms with Crippen LogP contribution in [-0.4, -0.2) is 0 Å². The van der Waals surface area contributed by atoms with Gasteiger partial charge in [-0.05, 0) is 90.7 Å². The predicted molar refractivity (Wildman–Crippen MR) is 167 cm³/mol. The zero-order chi connectivity index (χ0) is 26.3. The molecular formula is C39H28. The van der Waals surface area contributed by atoms with Crippen molar-refractivity contribution in [2.45, 2.75) is 19.3 Å². The molecule has 0 nitrogen and oxygen atoms in total. The van der Waals surface area contributed by atoms with Crippen LogP contribution < -0.4 is 0 Å². The Morgan fingerprint density at radius 3 is 2.21 bits per heavy atom. The van der Waals surface area contributed by atoms with Crippen LogP contribution in [0.1, 0.15) is 34.7 Å². The number of fused-ring (bicyclic) bond motifs is 14. The lowest BCUT2D eigenvalue weighted by molar-refractivity contribution is 0.801. The van der Waals surface area contributed by atoms with Crippen molar-refractivity contribution in [1.29, 1.82) is 0 Å². The standard InChI is InChI=1S/C39H28/c1-4-12-34-26(5-2)29-16-10-11-18-35(29)39(34)37-27-14-7-6-13-25(27)20-22-32(37)36-30-17-9-8-15-28(30)33-23-24(3)19-21-31(33)38(36)39/h4-23H,2H2,1,3H3/b12-4-. The molecule has 0 bridgehead atoms. The van der Waals surface area contributed by atoms with Crippen molar-refractivity contribution in [2.75, 3.05) is 0 Å². The second-order valence-electron chi connectivity index (χ2n) is 10.9. The summed E-state index contributed by atoms with van der Waals surface area (Å²) in [5.74, 6) is 0. The molecule has 1 unspecified atom stereocenters. The molecule has 2 aliphatic rings. The monoisotopic (exact) mass is 496 g/mol. The SMILES string of the molecule is C=CC1=C(/C=C\C)C2(c3ccccc31)c1c(ccc3ccccc13)-c1c2c2ccc(C)cc2c2ccccc12. The van der Waals surface area contributed by atoms with Crippen LogP contribution in [0.15, 0.2) is 134 Å². The first-order valence-electron chi connectivity index (χ1n) is 13.8. The van der Waals surface area contributed by atoms with Crippen LogP contribution in [0, 0.1) is 6.92 Å². The summed E-state index contributed by atoms with van der Waals surface area (Å²) >= 11 is 0. The number of rotatable bonds is 2. The van der Waals surface area contributed by atoms with Crippen molar-refractivity contribution in [1.82, 2.24) is 0 Å². The maximum atomic E-state index is 4.33. The van der Waals surface area contributed by atoms with Crippen molar-refractivity contribution >= 4 is 37.9 Å². The van der Waals surface area contributed by atoms with Gasteiger partial charge in [-0.15, -0.1) is 0 Å². The van der Waals surface area contributed by atoms with Crippen molar-refractivity contribution < 1.29 is 0 Å². The third-order valence-electron chi connectivity index (χ3n) is 8.98.